The van der Waals surface area contributed by atoms with E-state index in [0.29, 0.717) is 18.6 Å². The van der Waals surface area contributed by atoms with E-state index in [1.807, 2.05) is 6.92 Å². The standard InChI is InChI=1S/C12H21NO2/c1-3-4-9(2)12(15)13-10-5-7-11(14)8-6-10/h9-10H,3-8H2,1-2H3,(H,13,15). The first-order valence-corrected chi connectivity index (χ1v) is 5.95. The Bertz CT molecular complexity index is 228. The van der Waals surface area contributed by atoms with Gasteiger partial charge in [0.05, 0.1) is 0 Å². The third-order valence-corrected chi connectivity index (χ3v) is 3.06. The van der Waals surface area contributed by atoms with Crippen LogP contribution in [0.3, 0.4) is 0 Å². The minimum absolute atomic E-state index is 0.104. The van der Waals surface area contributed by atoms with Crippen LogP contribution in [0.1, 0.15) is 52.4 Å². The molecule has 86 valence electrons. The van der Waals surface area contributed by atoms with Crippen LogP contribution in [0.4, 0.5) is 0 Å². The van der Waals surface area contributed by atoms with Crippen molar-refractivity contribution < 1.29 is 9.59 Å². The summed E-state index contributed by atoms with van der Waals surface area (Å²) >= 11 is 0. The Morgan fingerprint density at radius 3 is 2.60 bits per heavy atom. The summed E-state index contributed by atoms with van der Waals surface area (Å²) in [6.45, 7) is 4.05. The molecule has 0 heterocycles. The number of hydrogen-bond acceptors (Lipinski definition) is 2. The van der Waals surface area contributed by atoms with Crippen LogP contribution in [0.2, 0.25) is 0 Å². The van der Waals surface area contributed by atoms with Crippen molar-refractivity contribution in [3.05, 3.63) is 0 Å². The van der Waals surface area contributed by atoms with Gasteiger partial charge in [-0.3, -0.25) is 9.59 Å². The van der Waals surface area contributed by atoms with E-state index in [-0.39, 0.29) is 17.9 Å². The first-order chi connectivity index (χ1) is 7.13. The number of carbonyl (C=O) groups is 2. The Morgan fingerprint density at radius 1 is 1.47 bits per heavy atom. The molecule has 1 aliphatic rings. The van der Waals surface area contributed by atoms with Crippen LogP contribution in [0.5, 0.6) is 0 Å². The van der Waals surface area contributed by atoms with E-state index in [2.05, 4.69) is 12.2 Å². The van der Waals surface area contributed by atoms with Crippen LogP contribution in [-0.2, 0) is 9.59 Å². The normalized spacial score (nSPS) is 20.0. The van der Waals surface area contributed by atoms with Gasteiger partial charge in [-0.2, -0.15) is 0 Å². The zero-order chi connectivity index (χ0) is 11.3. The summed E-state index contributed by atoms with van der Waals surface area (Å²) in [7, 11) is 0. The summed E-state index contributed by atoms with van der Waals surface area (Å²) in [4.78, 5) is 22.7. The fourth-order valence-corrected chi connectivity index (χ4v) is 1.99. The molecule has 1 fully saturated rings. The molecule has 1 rings (SSSR count). The van der Waals surface area contributed by atoms with Crippen LogP contribution < -0.4 is 5.32 Å². The van der Waals surface area contributed by atoms with Crippen LogP contribution in [0.15, 0.2) is 0 Å². The SMILES string of the molecule is CCCC(C)C(=O)NC1CCC(=O)CC1. The van der Waals surface area contributed by atoms with E-state index in [9.17, 15) is 9.59 Å². The van der Waals surface area contributed by atoms with Crippen molar-refractivity contribution in [2.24, 2.45) is 5.92 Å². The number of hydrogen-bond donors (Lipinski definition) is 1. The first kappa shape index (κ1) is 12.2. The third-order valence-electron chi connectivity index (χ3n) is 3.06. The molecule has 15 heavy (non-hydrogen) atoms. The lowest BCUT2D eigenvalue weighted by Gasteiger charge is -2.23. The van der Waals surface area contributed by atoms with Gasteiger partial charge in [-0.25, -0.2) is 0 Å². The van der Waals surface area contributed by atoms with Gasteiger partial charge in [0.25, 0.3) is 0 Å². The summed E-state index contributed by atoms with van der Waals surface area (Å²) in [6, 6.07) is 0.231. The molecular formula is C12H21NO2. The van der Waals surface area contributed by atoms with Crippen molar-refractivity contribution in [2.45, 2.75) is 58.4 Å². The van der Waals surface area contributed by atoms with Gasteiger partial charge in [0.15, 0.2) is 0 Å². The fraction of sp³-hybridized carbons (Fsp3) is 0.833. The lowest BCUT2D eigenvalue weighted by Crippen LogP contribution is -2.40. The third kappa shape index (κ3) is 4.02. The Morgan fingerprint density at radius 2 is 2.07 bits per heavy atom. The molecule has 1 aliphatic carbocycles. The first-order valence-electron chi connectivity index (χ1n) is 5.95. The Labute approximate surface area is 91.6 Å². The van der Waals surface area contributed by atoms with E-state index in [0.717, 1.165) is 25.7 Å². The molecule has 0 aliphatic heterocycles. The van der Waals surface area contributed by atoms with Crippen molar-refractivity contribution in [3.63, 3.8) is 0 Å². The molecule has 1 unspecified atom stereocenters. The summed E-state index contributed by atoms with van der Waals surface area (Å²) in [5.74, 6) is 0.589. The number of carbonyl (C=O) groups excluding carboxylic acids is 2. The minimum Gasteiger partial charge on any atom is -0.353 e. The molecule has 0 saturated heterocycles. The summed E-state index contributed by atoms with van der Waals surface area (Å²) in [5, 5.41) is 3.03. The molecule has 0 aromatic heterocycles. The second-order valence-corrected chi connectivity index (χ2v) is 4.51. The molecule has 0 aromatic rings. The van der Waals surface area contributed by atoms with Crippen LogP contribution in [0, 0.1) is 5.92 Å². The molecule has 0 bridgehead atoms. The van der Waals surface area contributed by atoms with Crippen molar-refractivity contribution in [3.8, 4) is 0 Å². The monoisotopic (exact) mass is 211 g/mol. The molecule has 3 nitrogen and oxygen atoms in total. The molecule has 1 amide bonds. The van der Waals surface area contributed by atoms with E-state index < -0.39 is 0 Å². The molecule has 1 N–H and O–H groups in total. The number of ketones is 1. The quantitative estimate of drug-likeness (QED) is 0.773. The number of nitrogens with one attached hydrogen (secondary N) is 1. The van der Waals surface area contributed by atoms with Gasteiger partial charge in [0.2, 0.25) is 5.91 Å². The van der Waals surface area contributed by atoms with Gasteiger partial charge in [0.1, 0.15) is 5.78 Å². The predicted octanol–water partition coefficient (Wildman–Crippen LogP) is 2.05. The van der Waals surface area contributed by atoms with Crippen molar-refractivity contribution in [1.82, 2.24) is 5.32 Å². The smallest absolute Gasteiger partial charge is 0.223 e. The number of Topliss-reactive ketones (excluding diaryl/α,β-unsaturated/α-hetero) is 1. The molecule has 0 radical (unpaired) electrons. The molecule has 1 atom stereocenters. The van der Waals surface area contributed by atoms with E-state index in [4.69, 9.17) is 0 Å². The lowest BCUT2D eigenvalue weighted by atomic mass is 9.93. The highest BCUT2D eigenvalue weighted by Crippen LogP contribution is 2.15. The highest BCUT2D eigenvalue weighted by Gasteiger charge is 2.21. The van der Waals surface area contributed by atoms with E-state index in [1.165, 1.54) is 0 Å². The Kier molecular flexibility index (Phi) is 4.79. The maximum atomic E-state index is 11.7. The molecular weight excluding hydrogens is 190 g/mol. The maximum Gasteiger partial charge on any atom is 0.223 e. The number of rotatable bonds is 4. The average molecular weight is 211 g/mol. The molecule has 3 heteroatoms. The van der Waals surface area contributed by atoms with Gasteiger partial charge in [-0.1, -0.05) is 20.3 Å². The Balaban J connectivity index is 2.28. The Hall–Kier alpha value is -0.860. The van der Waals surface area contributed by atoms with Crippen molar-refractivity contribution in [2.75, 3.05) is 0 Å². The summed E-state index contributed by atoms with van der Waals surface area (Å²) < 4.78 is 0. The molecule has 0 aromatic carbocycles. The van der Waals surface area contributed by atoms with E-state index >= 15 is 0 Å². The fourth-order valence-electron chi connectivity index (χ4n) is 1.99. The average Bonchev–Trinajstić information content (AvgIpc) is 2.22. The minimum atomic E-state index is 0.104. The van der Waals surface area contributed by atoms with Gasteiger partial charge in [-0.15, -0.1) is 0 Å². The highest BCUT2D eigenvalue weighted by molar-refractivity contribution is 5.81. The zero-order valence-corrected chi connectivity index (χ0v) is 9.71. The van der Waals surface area contributed by atoms with Crippen LogP contribution >= 0.6 is 0 Å². The van der Waals surface area contributed by atoms with Gasteiger partial charge in [0, 0.05) is 24.8 Å². The maximum absolute atomic E-state index is 11.7. The summed E-state index contributed by atoms with van der Waals surface area (Å²) in [5.41, 5.74) is 0. The topological polar surface area (TPSA) is 46.2 Å². The van der Waals surface area contributed by atoms with Crippen molar-refractivity contribution in [1.29, 1.82) is 0 Å². The zero-order valence-electron chi connectivity index (χ0n) is 9.71. The molecule has 0 spiro atoms. The van der Waals surface area contributed by atoms with Crippen LogP contribution in [-0.4, -0.2) is 17.7 Å². The van der Waals surface area contributed by atoms with Crippen molar-refractivity contribution >= 4 is 11.7 Å². The van der Waals surface area contributed by atoms with Gasteiger partial charge >= 0.3 is 0 Å². The predicted molar refractivity (Wildman–Crippen MR) is 59.5 cm³/mol. The number of amides is 1. The molecule has 1 saturated carbocycles. The van der Waals surface area contributed by atoms with Gasteiger partial charge < -0.3 is 5.32 Å². The highest BCUT2D eigenvalue weighted by atomic mass is 16.2. The summed E-state index contributed by atoms with van der Waals surface area (Å²) in [6.07, 6.45) is 4.89. The second kappa shape index (κ2) is 5.89. The van der Waals surface area contributed by atoms with Crippen LogP contribution in [0.25, 0.3) is 0 Å². The second-order valence-electron chi connectivity index (χ2n) is 4.51. The largest absolute Gasteiger partial charge is 0.353 e. The lowest BCUT2D eigenvalue weighted by molar-refractivity contribution is -0.127. The van der Waals surface area contributed by atoms with E-state index in [1.54, 1.807) is 0 Å². The van der Waals surface area contributed by atoms with Gasteiger partial charge in [-0.05, 0) is 19.3 Å².